The monoisotopic (exact) mass is 393 g/mol. The van der Waals surface area contributed by atoms with Crippen molar-refractivity contribution in [3.63, 3.8) is 0 Å². The molecule has 1 aliphatic heterocycles. The molecule has 6 nitrogen and oxygen atoms in total. The number of hydrogen-bond donors (Lipinski definition) is 1. The van der Waals surface area contributed by atoms with Crippen molar-refractivity contribution in [2.45, 2.75) is 9.79 Å². The summed E-state index contributed by atoms with van der Waals surface area (Å²) in [4.78, 5) is 7.12. The number of fused-ring (bicyclic) bond motifs is 2. The minimum Gasteiger partial charge on any atom is -0.423 e. The lowest BCUT2D eigenvalue weighted by Crippen LogP contribution is -2.43. The Kier molecular flexibility index (Phi) is 4.07. The molecule has 2 heterocycles. The zero-order chi connectivity index (χ0) is 19.1. The average Bonchev–Trinajstić information content (AvgIpc) is 3.17. The molecule has 1 aliphatic rings. The maximum absolute atomic E-state index is 13.3. The number of nitrogens with zero attached hydrogens (tertiary/aromatic N) is 2. The van der Waals surface area contributed by atoms with Gasteiger partial charge in [0.25, 0.3) is 6.01 Å². The molecular formula is C21H19N3O3S. The summed E-state index contributed by atoms with van der Waals surface area (Å²) in [5, 5.41) is 4.90. The predicted molar refractivity (Wildman–Crippen MR) is 108 cm³/mol. The Bertz CT molecular complexity index is 1270. The van der Waals surface area contributed by atoms with Gasteiger partial charge in [-0.15, -0.1) is 0 Å². The number of oxazole rings is 1. The maximum atomic E-state index is 13.3. The highest BCUT2D eigenvalue weighted by Gasteiger charge is 2.22. The van der Waals surface area contributed by atoms with Crippen molar-refractivity contribution in [3.8, 4) is 0 Å². The van der Waals surface area contributed by atoms with E-state index in [2.05, 4.69) is 15.2 Å². The van der Waals surface area contributed by atoms with Crippen molar-refractivity contribution in [3.05, 3.63) is 60.7 Å². The van der Waals surface area contributed by atoms with Crippen LogP contribution in [0.15, 0.2) is 74.9 Å². The molecule has 0 unspecified atom stereocenters. The molecule has 28 heavy (non-hydrogen) atoms. The first kappa shape index (κ1) is 17.2. The third-order valence-electron chi connectivity index (χ3n) is 5.08. The Morgan fingerprint density at radius 1 is 0.964 bits per heavy atom. The van der Waals surface area contributed by atoms with E-state index in [4.69, 9.17) is 4.42 Å². The van der Waals surface area contributed by atoms with E-state index >= 15 is 0 Å². The zero-order valence-corrected chi connectivity index (χ0v) is 15.9. The summed E-state index contributed by atoms with van der Waals surface area (Å²) < 4.78 is 32.5. The van der Waals surface area contributed by atoms with Gasteiger partial charge in [0, 0.05) is 31.6 Å². The van der Waals surface area contributed by atoms with Gasteiger partial charge in [0.05, 0.1) is 9.79 Å². The Morgan fingerprint density at radius 2 is 1.75 bits per heavy atom. The van der Waals surface area contributed by atoms with Crippen LogP contribution in [-0.4, -0.2) is 39.6 Å². The summed E-state index contributed by atoms with van der Waals surface area (Å²) in [6, 6.07) is 18.2. The normalized spacial score (nSPS) is 15.4. The second-order valence-electron chi connectivity index (χ2n) is 6.84. The van der Waals surface area contributed by atoms with Crippen LogP contribution in [0.3, 0.4) is 0 Å². The first-order valence-corrected chi connectivity index (χ1v) is 10.7. The third-order valence-corrected chi connectivity index (χ3v) is 6.89. The Balaban J connectivity index is 1.59. The number of hydrogen-bond acceptors (Lipinski definition) is 6. The van der Waals surface area contributed by atoms with Crippen LogP contribution in [0.2, 0.25) is 0 Å². The van der Waals surface area contributed by atoms with E-state index in [-0.39, 0.29) is 4.90 Å². The molecule has 1 saturated heterocycles. The van der Waals surface area contributed by atoms with Crippen molar-refractivity contribution in [2.24, 2.45) is 0 Å². The van der Waals surface area contributed by atoms with E-state index in [1.807, 2.05) is 30.3 Å². The Labute approximate surface area is 162 Å². The van der Waals surface area contributed by atoms with Crippen LogP contribution in [0.5, 0.6) is 0 Å². The molecule has 0 radical (unpaired) electrons. The maximum Gasteiger partial charge on any atom is 0.298 e. The van der Waals surface area contributed by atoms with Crippen LogP contribution in [0, 0.1) is 0 Å². The zero-order valence-electron chi connectivity index (χ0n) is 15.1. The lowest BCUT2D eigenvalue weighted by molar-refractivity contribution is 0.517. The molecule has 0 aliphatic carbocycles. The molecule has 0 spiro atoms. The molecule has 7 heteroatoms. The summed E-state index contributed by atoms with van der Waals surface area (Å²) in [6.45, 7) is 3.38. The molecule has 1 N–H and O–H groups in total. The van der Waals surface area contributed by atoms with E-state index in [0.29, 0.717) is 27.4 Å². The van der Waals surface area contributed by atoms with Crippen molar-refractivity contribution < 1.29 is 12.8 Å². The highest BCUT2D eigenvalue weighted by Crippen LogP contribution is 2.31. The fraction of sp³-hybridized carbons (Fsp3) is 0.190. The first-order chi connectivity index (χ1) is 13.6. The van der Waals surface area contributed by atoms with Gasteiger partial charge in [0.1, 0.15) is 5.52 Å². The number of rotatable bonds is 3. The van der Waals surface area contributed by atoms with Crippen LogP contribution in [0.1, 0.15) is 0 Å². The van der Waals surface area contributed by atoms with Crippen molar-refractivity contribution >= 4 is 37.7 Å². The number of anilines is 1. The lowest BCUT2D eigenvalue weighted by atomic mass is 10.1. The average molecular weight is 393 g/mol. The fourth-order valence-corrected chi connectivity index (χ4v) is 5.11. The number of piperazine rings is 1. The van der Waals surface area contributed by atoms with Crippen molar-refractivity contribution in [2.75, 3.05) is 31.1 Å². The van der Waals surface area contributed by atoms with E-state index in [0.717, 1.165) is 31.6 Å². The van der Waals surface area contributed by atoms with Gasteiger partial charge >= 0.3 is 0 Å². The second-order valence-corrected chi connectivity index (χ2v) is 8.76. The minimum absolute atomic E-state index is 0.219. The molecule has 0 amide bonds. The van der Waals surface area contributed by atoms with Gasteiger partial charge in [-0.05, 0) is 29.7 Å². The van der Waals surface area contributed by atoms with Gasteiger partial charge < -0.3 is 14.6 Å². The fourth-order valence-electron chi connectivity index (χ4n) is 3.61. The van der Waals surface area contributed by atoms with Gasteiger partial charge in [0.2, 0.25) is 9.84 Å². The smallest absolute Gasteiger partial charge is 0.298 e. The SMILES string of the molecule is O=S(=O)(c1ccc2oc(N3CCNCC3)nc2c1)c1cccc2ccccc12. The van der Waals surface area contributed by atoms with E-state index in [9.17, 15) is 8.42 Å². The molecular weight excluding hydrogens is 374 g/mol. The Hall–Kier alpha value is -2.90. The van der Waals surface area contributed by atoms with Crippen molar-refractivity contribution in [1.82, 2.24) is 10.3 Å². The topological polar surface area (TPSA) is 75.4 Å². The van der Waals surface area contributed by atoms with E-state index < -0.39 is 9.84 Å². The molecule has 1 fully saturated rings. The predicted octanol–water partition coefficient (Wildman–Crippen LogP) is 3.22. The number of sulfone groups is 1. The Morgan fingerprint density at radius 3 is 2.61 bits per heavy atom. The van der Waals surface area contributed by atoms with Gasteiger partial charge in [-0.2, -0.15) is 4.98 Å². The molecule has 3 aromatic carbocycles. The summed E-state index contributed by atoms with van der Waals surface area (Å²) >= 11 is 0. The quantitative estimate of drug-likeness (QED) is 0.576. The van der Waals surface area contributed by atoms with Crippen LogP contribution in [-0.2, 0) is 9.84 Å². The van der Waals surface area contributed by atoms with Gasteiger partial charge in [-0.1, -0.05) is 36.4 Å². The van der Waals surface area contributed by atoms with Gasteiger partial charge in [-0.3, -0.25) is 0 Å². The van der Waals surface area contributed by atoms with Gasteiger partial charge in [-0.25, -0.2) is 8.42 Å². The molecule has 1 aromatic heterocycles. The van der Waals surface area contributed by atoms with Crippen LogP contribution in [0.4, 0.5) is 6.01 Å². The van der Waals surface area contributed by atoms with Crippen molar-refractivity contribution in [1.29, 1.82) is 0 Å². The molecule has 0 atom stereocenters. The number of benzene rings is 3. The lowest BCUT2D eigenvalue weighted by Gasteiger charge is -2.25. The molecule has 5 rings (SSSR count). The number of nitrogens with one attached hydrogen (secondary N) is 1. The number of aromatic nitrogens is 1. The summed E-state index contributed by atoms with van der Waals surface area (Å²) in [6.07, 6.45) is 0. The molecule has 4 aromatic rings. The van der Waals surface area contributed by atoms with Crippen LogP contribution >= 0.6 is 0 Å². The van der Waals surface area contributed by atoms with Gasteiger partial charge in [0.15, 0.2) is 5.58 Å². The summed E-state index contributed by atoms with van der Waals surface area (Å²) in [5.74, 6) is 0. The largest absolute Gasteiger partial charge is 0.423 e. The van der Waals surface area contributed by atoms with Crippen LogP contribution in [0.25, 0.3) is 21.9 Å². The molecule has 142 valence electrons. The highest BCUT2D eigenvalue weighted by atomic mass is 32.2. The van der Waals surface area contributed by atoms with E-state index in [1.165, 1.54) is 0 Å². The molecule has 0 saturated carbocycles. The minimum atomic E-state index is -3.68. The second kappa shape index (κ2) is 6.61. The molecule has 0 bridgehead atoms. The third kappa shape index (κ3) is 2.83. The summed E-state index contributed by atoms with van der Waals surface area (Å²) in [5.41, 5.74) is 1.14. The van der Waals surface area contributed by atoms with E-state index in [1.54, 1.807) is 30.3 Å². The summed E-state index contributed by atoms with van der Waals surface area (Å²) in [7, 11) is -3.68. The first-order valence-electron chi connectivity index (χ1n) is 9.22. The standard InChI is InChI=1S/C21H19N3O3S/c25-28(26,20-7-3-5-15-4-1-2-6-17(15)20)16-8-9-19-18(14-16)23-21(27-19)24-12-10-22-11-13-24/h1-9,14,22H,10-13H2. The highest BCUT2D eigenvalue weighted by molar-refractivity contribution is 7.91. The van der Waals surface area contributed by atoms with Crippen LogP contribution < -0.4 is 10.2 Å².